The molecule has 2 atom stereocenters. The lowest BCUT2D eigenvalue weighted by molar-refractivity contribution is 0.356. The fraction of sp³-hybridized carbons (Fsp3) is 0.286. The van der Waals surface area contributed by atoms with Gasteiger partial charge in [-0.1, -0.05) is 36.4 Å². The van der Waals surface area contributed by atoms with Crippen molar-refractivity contribution in [3.8, 4) is 0 Å². The molecule has 0 bridgehead atoms. The van der Waals surface area contributed by atoms with Crippen LogP contribution in [0.4, 0.5) is 4.39 Å². The highest BCUT2D eigenvalue weighted by molar-refractivity contribution is 5.81. The van der Waals surface area contributed by atoms with Gasteiger partial charge >= 0.3 is 0 Å². The summed E-state index contributed by atoms with van der Waals surface area (Å²) in [6.07, 6.45) is 2.63. The van der Waals surface area contributed by atoms with E-state index in [0.717, 1.165) is 42.5 Å². The highest BCUT2D eigenvalue weighted by Crippen LogP contribution is 2.29. The van der Waals surface area contributed by atoms with Crippen molar-refractivity contribution in [2.75, 3.05) is 19.6 Å². The third kappa shape index (κ3) is 3.55. The highest BCUT2D eigenvalue weighted by atomic mass is 19.1. The standard InChI is InChI=1S/C21H21FN3/c22-18-8-2-5-16(12-18)19(20-14-23-10-11-24-20)13-17-6-1-4-15-7-3-9-25-21(15)17/h1-9,12,19-20,23H,10-11,13-14H2. The van der Waals surface area contributed by atoms with Gasteiger partial charge in [0.25, 0.3) is 0 Å². The molecule has 1 aliphatic heterocycles. The van der Waals surface area contributed by atoms with Crippen LogP contribution in [0.2, 0.25) is 0 Å². The van der Waals surface area contributed by atoms with E-state index >= 15 is 0 Å². The first-order valence-corrected chi connectivity index (χ1v) is 8.77. The zero-order chi connectivity index (χ0) is 17.1. The average Bonchev–Trinajstić information content (AvgIpc) is 2.67. The molecule has 1 N–H and O–H groups in total. The van der Waals surface area contributed by atoms with Crippen LogP contribution in [-0.2, 0) is 6.42 Å². The minimum Gasteiger partial charge on any atom is -0.314 e. The monoisotopic (exact) mass is 334 g/mol. The lowest BCUT2D eigenvalue weighted by Gasteiger charge is -2.31. The second kappa shape index (κ2) is 7.30. The largest absolute Gasteiger partial charge is 0.314 e. The number of pyridine rings is 1. The van der Waals surface area contributed by atoms with Crippen LogP contribution in [0.3, 0.4) is 0 Å². The maximum atomic E-state index is 13.8. The number of para-hydroxylation sites is 1. The second-order valence-corrected chi connectivity index (χ2v) is 6.54. The van der Waals surface area contributed by atoms with Crippen LogP contribution in [-0.4, -0.2) is 30.7 Å². The Kier molecular flexibility index (Phi) is 4.72. The number of piperazine rings is 1. The van der Waals surface area contributed by atoms with Crippen molar-refractivity contribution in [1.29, 1.82) is 0 Å². The Balaban J connectivity index is 1.72. The number of aromatic nitrogens is 1. The van der Waals surface area contributed by atoms with Crippen LogP contribution in [0.15, 0.2) is 60.8 Å². The van der Waals surface area contributed by atoms with Crippen molar-refractivity contribution >= 4 is 10.9 Å². The van der Waals surface area contributed by atoms with E-state index in [1.165, 1.54) is 11.6 Å². The van der Waals surface area contributed by atoms with E-state index in [-0.39, 0.29) is 17.8 Å². The summed E-state index contributed by atoms with van der Waals surface area (Å²) >= 11 is 0. The van der Waals surface area contributed by atoms with Gasteiger partial charge < -0.3 is 5.32 Å². The quantitative estimate of drug-likeness (QED) is 0.795. The summed E-state index contributed by atoms with van der Waals surface area (Å²) in [5, 5.41) is 9.36. The molecule has 1 saturated heterocycles. The molecule has 1 fully saturated rings. The number of nitrogens with one attached hydrogen (secondary N) is 1. The molecule has 0 amide bonds. The van der Waals surface area contributed by atoms with Gasteiger partial charge in [0.1, 0.15) is 5.82 Å². The lowest BCUT2D eigenvalue weighted by Crippen LogP contribution is -2.47. The van der Waals surface area contributed by atoms with E-state index in [9.17, 15) is 4.39 Å². The first-order chi connectivity index (χ1) is 12.3. The van der Waals surface area contributed by atoms with Gasteiger partial charge in [0.15, 0.2) is 0 Å². The van der Waals surface area contributed by atoms with E-state index in [1.807, 2.05) is 18.3 Å². The van der Waals surface area contributed by atoms with Crippen molar-refractivity contribution in [2.24, 2.45) is 0 Å². The normalized spacial score (nSPS) is 19.0. The maximum absolute atomic E-state index is 13.8. The summed E-state index contributed by atoms with van der Waals surface area (Å²) in [5.74, 6) is -0.0570. The molecule has 1 radical (unpaired) electrons. The fourth-order valence-corrected chi connectivity index (χ4v) is 3.68. The molecule has 3 nitrogen and oxygen atoms in total. The molecule has 0 aliphatic carbocycles. The number of nitrogens with zero attached hydrogens (tertiary/aromatic N) is 2. The molecule has 2 aromatic carbocycles. The summed E-state index contributed by atoms with van der Waals surface area (Å²) in [6.45, 7) is 2.56. The smallest absolute Gasteiger partial charge is 0.123 e. The molecular weight excluding hydrogens is 313 g/mol. The third-order valence-electron chi connectivity index (χ3n) is 4.90. The molecule has 4 heteroatoms. The Hall–Kier alpha value is -2.30. The molecular formula is C21H21FN3. The van der Waals surface area contributed by atoms with Crippen molar-refractivity contribution in [2.45, 2.75) is 18.4 Å². The number of benzene rings is 2. The predicted molar refractivity (Wildman–Crippen MR) is 98.2 cm³/mol. The SMILES string of the molecule is Fc1cccc(C(Cc2cccc3cccnc23)C2CNCC[N]2)c1. The Morgan fingerprint density at radius 1 is 1.12 bits per heavy atom. The molecule has 127 valence electrons. The molecule has 2 heterocycles. The zero-order valence-corrected chi connectivity index (χ0v) is 14.0. The van der Waals surface area contributed by atoms with Gasteiger partial charge in [-0.05, 0) is 35.7 Å². The third-order valence-corrected chi connectivity index (χ3v) is 4.90. The second-order valence-electron chi connectivity index (χ2n) is 6.54. The molecule has 4 rings (SSSR count). The number of rotatable bonds is 4. The summed E-state index contributed by atoms with van der Waals surface area (Å²) in [5.41, 5.74) is 3.22. The Labute approximate surface area is 147 Å². The summed E-state index contributed by atoms with van der Waals surface area (Å²) in [7, 11) is 0. The lowest BCUT2D eigenvalue weighted by atomic mass is 9.84. The van der Waals surface area contributed by atoms with Gasteiger partial charge in [0.2, 0.25) is 0 Å². The Morgan fingerprint density at radius 2 is 2.00 bits per heavy atom. The minimum atomic E-state index is -0.192. The molecule has 25 heavy (non-hydrogen) atoms. The topological polar surface area (TPSA) is 39.0 Å². The molecule has 2 unspecified atom stereocenters. The number of hydrogen-bond donors (Lipinski definition) is 1. The first kappa shape index (κ1) is 16.2. The number of fused-ring (bicyclic) bond motifs is 1. The van der Waals surface area contributed by atoms with Crippen LogP contribution in [0.1, 0.15) is 17.0 Å². The molecule has 0 saturated carbocycles. The predicted octanol–water partition coefficient (Wildman–Crippen LogP) is 3.28. The van der Waals surface area contributed by atoms with Crippen molar-refractivity contribution in [3.05, 3.63) is 77.7 Å². The van der Waals surface area contributed by atoms with Crippen molar-refractivity contribution < 1.29 is 4.39 Å². The first-order valence-electron chi connectivity index (χ1n) is 8.77. The van der Waals surface area contributed by atoms with E-state index in [1.54, 1.807) is 12.1 Å². The van der Waals surface area contributed by atoms with Gasteiger partial charge in [-0.25, -0.2) is 9.71 Å². The maximum Gasteiger partial charge on any atom is 0.123 e. The number of hydrogen-bond acceptors (Lipinski definition) is 2. The molecule has 1 aromatic heterocycles. The van der Waals surface area contributed by atoms with Crippen LogP contribution >= 0.6 is 0 Å². The van der Waals surface area contributed by atoms with E-state index < -0.39 is 0 Å². The fourth-order valence-electron chi connectivity index (χ4n) is 3.68. The Morgan fingerprint density at radius 3 is 2.84 bits per heavy atom. The molecule has 3 aromatic rings. The van der Waals surface area contributed by atoms with Crippen LogP contribution < -0.4 is 10.6 Å². The summed E-state index contributed by atoms with van der Waals surface area (Å²) in [4.78, 5) is 4.57. The van der Waals surface area contributed by atoms with E-state index in [4.69, 9.17) is 5.32 Å². The number of halogens is 1. The van der Waals surface area contributed by atoms with E-state index in [0.29, 0.717) is 0 Å². The minimum absolute atomic E-state index is 0.135. The average molecular weight is 334 g/mol. The van der Waals surface area contributed by atoms with Crippen LogP contribution in [0, 0.1) is 5.82 Å². The van der Waals surface area contributed by atoms with Crippen molar-refractivity contribution in [1.82, 2.24) is 15.6 Å². The van der Waals surface area contributed by atoms with Gasteiger partial charge in [0.05, 0.1) is 5.52 Å². The summed E-state index contributed by atoms with van der Waals surface area (Å²) < 4.78 is 13.8. The van der Waals surface area contributed by atoms with Crippen LogP contribution in [0.5, 0.6) is 0 Å². The van der Waals surface area contributed by atoms with Crippen LogP contribution in [0.25, 0.3) is 10.9 Å². The Bertz CT molecular complexity index is 853. The zero-order valence-electron chi connectivity index (χ0n) is 14.0. The molecule has 1 aliphatic rings. The van der Waals surface area contributed by atoms with Gasteiger partial charge in [0, 0.05) is 43.2 Å². The van der Waals surface area contributed by atoms with Gasteiger partial charge in [-0.2, -0.15) is 0 Å². The molecule has 0 spiro atoms. The highest BCUT2D eigenvalue weighted by Gasteiger charge is 2.27. The van der Waals surface area contributed by atoms with Gasteiger partial charge in [-0.15, -0.1) is 0 Å². The van der Waals surface area contributed by atoms with E-state index in [2.05, 4.69) is 34.6 Å². The van der Waals surface area contributed by atoms with Crippen molar-refractivity contribution in [3.63, 3.8) is 0 Å². The van der Waals surface area contributed by atoms with Gasteiger partial charge in [-0.3, -0.25) is 4.98 Å². The summed E-state index contributed by atoms with van der Waals surface area (Å²) in [6, 6.07) is 17.4.